The van der Waals surface area contributed by atoms with E-state index < -0.39 is 11.6 Å². The predicted molar refractivity (Wildman–Crippen MR) is 73.3 cm³/mol. The van der Waals surface area contributed by atoms with Crippen molar-refractivity contribution in [3.63, 3.8) is 0 Å². The number of benzene rings is 1. The van der Waals surface area contributed by atoms with Crippen LogP contribution in [0.1, 0.15) is 15.9 Å². The highest BCUT2D eigenvalue weighted by molar-refractivity contribution is 9.10. The largest absolute Gasteiger partial charge is 0.479 e. The maximum Gasteiger partial charge on any atom is 0.250 e. The van der Waals surface area contributed by atoms with Crippen LogP contribution in [0.15, 0.2) is 34.9 Å². The van der Waals surface area contributed by atoms with Gasteiger partial charge in [-0.1, -0.05) is 27.5 Å². The van der Waals surface area contributed by atoms with E-state index in [-0.39, 0.29) is 17.0 Å². The topological polar surface area (TPSA) is 39.2 Å². The first-order valence-electron chi connectivity index (χ1n) is 5.23. The molecule has 0 unspecified atom stereocenters. The van der Waals surface area contributed by atoms with Crippen molar-refractivity contribution in [3.05, 3.63) is 56.9 Å². The maximum absolute atomic E-state index is 14.0. The van der Waals surface area contributed by atoms with E-state index >= 15 is 0 Å². The Morgan fingerprint density at radius 2 is 2.11 bits per heavy atom. The van der Waals surface area contributed by atoms with Gasteiger partial charge in [0.15, 0.2) is 11.6 Å². The fraction of sp³-hybridized carbons (Fsp3) is 0.0769. The van der Waals surface area contributed by atoms with Crippen LogP contribution in [0.3, 0.4) is 0 Å². The van der Waals surface area contributed by atoms with Crippen LogP contribution in [0, 0.1) is 5.82 Å². The van der Waals surface area contributed by atoms with Crippen molar-refractivity contribution in [3.8, 4) is 5.88 Å². The minimum Gasteiger partial charge on any atom is -0.479 e. The van der Waals surface area contributed by atoms with Gasteiger partial charge in [0, 0.05) is 21.3 Å². The number of carbonyl (C=O) groups is 1. The van der Waals surface area contributed by atoms with Gasteiger partial charge in [0.25, 0.3) is 5.88 Å². The number of carbonyl (C=O) groups excluding carboxylic acids is 1. The Morgan fingerprint density at radius 1 is 1.37 bits per heavy atom. The molecule has 2 rings (SSSR count). The fourth-order valence-corrected chi connectivity index (χ4v) is 2.16. The number of pyridine rings is 1. The number of aromatic nitrogens is 1. The van der Waals surface area contributed by atoms with Crippen LogP contribution in [0.5, 0.6) is 5.88 Å². The molecule has 1 heterocycles. The summed E-state index contributed by atoms with van der Waals surface area (Å²) >= 11 is 9.08. The molecule has 0 aliphatic heterocycles. The summed E-state index contributed by atoms with van der Waals surface area (Å²) in [5.74, 6) is -1.50. The van der Waals surface area contributed by atoms with Gasteiger partial charge in [-0.15, -0.1) is 0 Å². The third-order valence-corrected chi connectivity index (χ3v) is 3.39. The zero-order chi connectivity index (χ0) is 14.0. The van der Waals surface area contributed by atoms with Crippen molar-refractivity contribution in [2.24, 2.45) is 0 Å². The zero-order valence-corrected chi connectivity index (χ0v) is 12.1. The molecule has 0 atom stereocenters. The van der Waals surface area contributed by atoms with E-state index in [1.165, 1.54) is 25.4 Å². The van der Waals surface area contributed by atoms with Crippen molar-refractivity contribution < 1.29 is 13.9 Å². The molecule has 0 amide bonds. The van der Waals surface area contributed by atoms with Crippen LogP contribution >= 0.6 is 27.5 Å². The summed E-state index contributed by atoms with van der Waals surface area (Å²) in [5.41, 5.74) is 0.162. The molecule has 2 aromatic rings. The van der Waals surface area contributed by atoms with E-state index in [0.717, 1.165) is 0 Å². The van der Waals surface area contributed by atoms with Crippen LogP contribution in [0.4, 0.5) is 4.39 Å². The Bertz CT molecular complexity index is 649. The van der Waals surface area contributed by atoms with E-state index in [4.69, 9.17) is 16.3 Å². The molecule has 0 saturated carbocycles. The number of halogens is 3. The van der Waals surface area contributed by atoms with Gasteiger partial charge in [0.1, 0.15) is 0 Å². The molecule has 0 aliphatic carbocycles. The second-order valence-electron chi connectivity index (χ2n) is 3.64. The highest BCUT2D eigenvalue weighted by Crippen LogP contribution is 2.26. The van der Waals surface area contributed by atoms with Gasteiger partial charge in [-0.25, -0.2) is 9.37 Å². The first kappa shape index (κ1) is 14.0. The van der Waals surface area contributed by atoms with E-state index in [1.54, 1.807) is 12.1 Å². The SMILES string of the molecule is COc1nccc(C(=O)c2cc(Cl)ccc2Br)c1F. The van der Waals surface area contributed by atoms with Gasteiger partial charge < -0.3 is 4.74 Å². The average Bonchev–Trinajstić information content (AvgIpc) is 2.41. The summed E-state index contributed by atoms with van der Waals surface area (Å²) in [6.07, 6.45) is 1.31. The summed E-state index contributed by atoms with van der Waals surface area (Å²) in [6.45, 7) is 0. The number of nitrogens with zero attached hydrogens (tertiary/aromatic N) is 1. The van der Waals surface area contributed by atoms with E-state index in [9.17, 15) is 9.18 Å². The van der Waals surface area contributed by atoms with Gasteiger partial charge in [-0.2, -0.15) is 0 Å². The molecule has 19 heavy (non-hydrogen) atoms. The van der Waals surface area contributed by atoms with Crippen LogP contribution in [0.2, 0.25) is 5.02 Å². The highest BCUT2D eigenvalue weighted by Gasteiger charge is 2.20. The average molecular weight is 345 g/mol. The van der Waals surface area contributed by atoms with Crippen molar-refractivity contribution >= 4 is 33.3 Å². The quantitative estimate of drug-likeness (QED) is 0.793. The lowest BCUT2D eigenvalue weighted by Crippen LogP contribution is -2.07. The Labute approximate surface area is 122 Å². The van der Waals surface area contributed by atoms with Gasteiger partial charge in [0.05, 0.1) is 12.7 Å². The number of methoxy groups -OCH3 is 1. The summed E-state index contributed by atoms with van der Waals surface area (Å²) in [6, 6.07) is 6.03. The number of ketones is 1. The Hall–Kier alpha value is -1.46. The molecular weight excluding hydrogens is 337 g/mol. The predicted octanol–water partition coefficient (Wildman–Crippen LogP) is 3.88. The molecule has 1 aromatic carbocycles. The van der Waals surface area contributed by atoms with Gasteiger partial charge in [-0.05, 0) is 24.3 Å². The number of rotatable bonds is 3. The monoisotopic (exact) mass is 343 g/mol. The van der Waals surface area contributed by atoms with E-state index in [2.05, 4.69) is 20.9 Å². The molecule has 98 valence electrons. The highest BCUT2D eigenvalue weighted by atomic mass is 79.9. The zero-order valence-electron chi connectivity index (χ0n) is 9.78. The van der Waals surface area contributed by atoms with Crippen LogP contribution < -0.4 is 4.74 Å². The second-order valence-corrected chi connectivity index (χ2v) is 4.93. The number of hydrogen-bond donors (Lipinski definition) is 0. The molecule has 6 heteroatoms. The normalized spacial score (nSPS) is 10.3. The number of hydrogen-bond acceptors (Lipinski definition) is 3. The summed E-state index contributed by atoms with van der Waals surface area (Å²) in [7, 11) is 1.29. The van der Waals surface area contributed by atoms with Crippen LogP contribution in [-0.2, 0) is 0 Å². The lowest BCUT2D eigenvalue weighted by molar-refractivity contribution is 0.103. The molecule has 0 N–H and O–H groups in total. The Balaban J connectivity index is 2.53. The number of ether oxygens (including phenoxy) is 1. The van der Waals surface area contributed by atoms with E-state index in [0.29, 0.717) is 9.50 Å². The fourth-order valence-electron chi connectivity index (χ4n) is 1.56. The van der Waals surface area contributed by atoms with Crippen molar-refractivity contribution in [1.29, 1.82) is 0 Å². The third-order valence-electron chi connectivity index (χ3n) is 2.47. The van der Waals surface area contributed by atoms with Crippen molar-refractivity contribution in [2.75, 3.05) is 7.11 Å². The van der Waals surface area contributed by atoms with E-state index in [1.807, 2.05) is 0 Å². The molecule has 0 saturated heterocycles. The van der Waals surface area contributed by atoms with Crippen LogP contribution in [0.25, 0.3) is 0 Å². The molecule has 0 spiro atoms. The van der Waals surface area contributed by atoms with Crippen molar-refractivity contribution in [1.82, 2.24) is 4.98 Å². The lowest BCUT2D eigenvalue weighted by atomic mass is 10.0. The van der Waals surface area contributed by atoms with Crippen LogP contribution in [-0.4, -0.2) is 17.9 Å². The van der Waals surface area contributed by atoms with Gasteiger partial charge >= 0.3 is 0 Å². The Kier molecular flexibility index (Phi) is 4.17. The maximum atomic E-state index is 14.0. The van der Waals surface area contributed by atoms with Gasteiger partial charge in [-0.3, -0.25) is 4.79 Å². The summed E-state index contributed by atoms with van der Waals surface area (Å²) in [5, 5.41) is 0.396. The summed E-state index contributed by atoms with van der Waals surface area (Å²) in [4.78, 5) is 16.0. The van der Waals surface area contributed by atoms with Gasteiger partial charge in [0.2, 0.25) is 0 Å². The molecule has 1 aromatic heterocycles. The van der Waals surface area contributed by atoms with Crippen molar-refractivity contribution in [2.45, 2.75) is 0 Å². The lowest BCUT2D eigenvalue weighted by Gasteiger charge is -2.07. The molecule has 0 bridgehead atoms. The standard InChI is InChI=1S/C13H8BrClFNO2/c1-19-13-11(16)8(4-5-17-13)12(18)9-6-7(15)2-3-10(9)14/h2-6H,1H3. The smallest absolute Gasteiger partial charge is 0.250 e. The first-order chi connectivity index (χ1) is 9.04. The molecule has 0 fully saturated rings. The minimum atomic E-state index is -0.790. The third kappa shape index (κ3) is 2.77. The second kappa shape index (κ2) is 5.67. The Morgan fingerprint density at radius 3 is 2.79 bits per heavy atom. The minimum absolute atomic E-state index is 0.116. The summed E-state index contributed by atoms with van der Waals surface area (Å²) < 4.78 is 19.3. The molecule has 0 aliphatic rings. The first-order valence-corrected chi connectivity index (χ1v) is 6.40. The molecule has 0 radical (unpaired) electrons. The molecular formula is C13H8BrClFNO2. The molecule has 3 nitrogen and oxygen atoms in total.